The van der Waals surface area contributed by atoms with Gasteiger partial charge in [0.15, 0.2) is 0 Å². The van der Waals surface area contributed by atoms with Crippen molar-refractivity contribution in [2.45, 2.75) is 6.92 Å². The molecule has 0 aliphatic carbocycles. The monoisotopic (exact) mass is 229 g/mol. The van der Waals surface area contributed by atoms with Crippen LogP contribution in [0.3, 0.4) is 0 Å². The molecule has 0 aliphatic heterocycles. The molecule has 0 unspecified atom stereocenters. The van der Waals surface area contributed by atoms with Gasteiger partial charge < -0.3 is 5.32 Å². The average Bonchev–Trinajstić information content (AvgIpc) is 2.30. The van der Waals surface area contributed by atoms with Gasteiger partial charge in [-0.3, -0.25) is 4.79 Å². The summed E-state index contributed by atoms with van der Waals surface area (Å²) in [6, 6.07) is 13.6. The molecule has 0 fully saturated rings. The fourth-order valence-electron chi connectivity index (χ4n) is 1.66. The van der Waals surface area contributed by atoms with Gasteiger partial charge in [-0.15, -0.1) is 0 Å². The minimum absolute atomic E-state index is 0.125. The second kappa shape index (κ2) is 4.78. The molecule has 2 nitrogen and oxygen atoms in total. The van der Waals surface area contributed by atoms with E-state index in [0.717, 1.165) is 16.8 Å². The van der Waals surface area contributed by atoms with E-state index in [1.165, 1.54) is 19.1 Å². The molecule has 0 saturated heterocycles. The lowest BCUT2D eigenvalue weighted by Crippen LogP contribution is -2.06. The van der Waals surface area contributed by atoms with E-state index in [-0.39, 0.29) is 11.7 Å². The number of benzene rings is 2. The Balaban J connectivity index is 2.44. The van der Waals surface area contributed by atoms with Crippen LogP contribution in [-0.2, 0) is 4.79 Å². The molecular formula is C14H12FNO. The number of carbonyl (C=O) groups is 1. The van der Waals surface area contributed by atoms with Crippen LogP contribution in [-0.4, -0.2) is 5.91 Å². The van der Waals surface area contributed by atoms with Crippen molar-refractivity contribution in [3.63, 3.8) is 0 Å². The Labute approximate surface area is 99.1 Å². The molecule has 17 heavy (non-hydrogen) atoms. The van der Waals surface area contributed by atoms with E-state index in [4.69, 9.17) is 0 Å². The van der Waals surface area contributed by atoms with Gasteiger partial charge in [0.2, 0.25) is 5.91 Å². The van der Waals surface area contributed by atoms with Crippen molar-refractivity contribution < 1.29 is 9.18 Å². The lowest BCUT2D eigenvalue weighted by molar-refractivity contribution is -0.114. The van der Waals surface area contributed by atoms with Gasteiger partial charge in [-0.1, -0.05) is 30.3 Å². The SMILES string of the molecule is CC(=O)Nc1ccccc1-c1ccc(F)cc1. The largest absolute Gasteiger partial charge is 0.326 e. The van der Waals surface area contributed by atoms with Crippen molar-refractivity contribution in [1.29, 1.82) is 0 Å². The topological polar surface area (TPSA) is 29.1 Å². The number of para-hydroxylation sites is 1. The van der Waals surface area contributed by atoms with Crippen LogP contribution in [0.1, 0.15) is 6.92 Å². The third-order valence-corrected chi connectivity index (χ3v) is 2.39. The Morgan fingerprint density at radius 2 is 1.71 bits per heavy atom. The lowest BCUT2D eigenvalue weighted by atomic mass is 10.0. The van der Waals surface area contributed by atoms with Gasteiger partial charge in [-0.2, -0.15) is 0 Å². The van der Waals surface area contributed by atoms with Crippen molar-refractivity contribution in [2.75, 3.05) is 5.32 Å². The molecule has 0 aromatic heterocycles. The predicted octanol–water partition coefficient (Wildman–Crippen LogP) is 3.45. The molecule has 2 rings (SSSR count). The van der Waals surface area contributed by atoms with Crippen LogP contribution in [0.5, 0.6) is 0 Å². The van der Waals surface area contributed by atoms with Crippen LogP contribution < -0.4 is 5.32 Å². The standard InChI is InChI=1S/C14H12FNO/c1-10(17)16-14-5-3-2-4-13(14)11-6-8-12(15)9-7-11/h2-9H,1H3,(H,16,17). The highest BCUT2D eigenvalue weighted by atomic mass is 19.1. The van der Waals surface area contributed by atoms with E-state index in [1.54, 1.807) is 12.1 Å². The van der Waals surface area contributed by atoms with Crippen molar-refractivity contribution in [3.8, 4) is 11.1 Å². The van der Waals surface area contributed by atoms with Gasteiger partial charge >= 0.3 is 0 Å². The molecule has 86 valence electrons. The molecule has 1 N–H and O–H groups in total. The van der Waals surface area contributed by atoms with Gasteiger partial charge in [0.1, 0.15) is 5.82 Å². The smallest absolute Gasteiger partial charge is 0.221 e. The number of rotatable bonds is 2. The van der Waals surface area contributed by atoms with Gasteiger partial charge in [0, 0.05) is 18.2 Å². The zero-order valence-corrected chi connectivity index (χ0v) is 9.41. The van der Waals surface area contributed by atoms with E-state index >= 15 is 0 Å². The minimum atomic E-state index is -0.272. The predicted molar refractivity (Wildman–Crippen MR) is 66.1 cm³/mol. The molecule has 0 radical (unpaired) electrons. The number of hydrogen-bond acceptors (Lipinski definition) is 1. The van der Waals surface area contributed by atoms with Crippen LogP contribution in [0.4, 0.5) is 10.1 Å². The van der Waals surface area contributed by atoms with Crippen LogP contribution in [0.15, 0.2) is 48.5 Å². The lowest BCUT2D eigenvalue weighted by Gasteiger charge is -2.09. The fourth-order valence-corrected chi connectivity index (χ4v) is 1.66. The first-order valence-corrected chi connectivity index (χ1v) is 5.29. The first-order chi connectivity index (χ1) is 8.16. The second-order valence-electron chi connectivity index (χ2n) is 3.73. The van der Waals surface area contributed by atoms with Crippen molar-refractivity contribution in [1.82, 2.24) is 0 Å². The molecular weight excluding hydrogens is 217 g/mol. The van der Waals surface area contributed by atoms with Crippen LogP contribution in [0, 0.1) is 5.82 Å². The normalized spacial score (nSPS) is 10.0. The summed E-state index contributed by atoms with van der Waals surface area (Å²) in [7, 11) is 0. The van der Waals surface area contributed by atoms with Crippen molar-refractivity contribution in [2.24, 2.45) is 0 Å². The fraction of sp³-hybridized carbons (Fsp3) is 0.0714. The van der Waals surface area contributed by atoms with Gasteiger partial charge in [-0.05, 0) is 23.8 Å². The zero-order chi connectivity index (χ0) is 12.3. The van der Waals surface area contributed by atoms with E-state index in [0.29, 0.717) is 0 Å². The second-order valence-corrected chi connectivity index (χ2v) is 3.73. The summed E-state index contributed by atoms with van der Waals surface area (Å²) in [5.74, 6) is -0.398. The Hall–Kier alpha value is -2.16. The molecule has 0 saturated carbocycles. The van der Waals surface area contributed by atoms with Crippen LogP contribution >= 0.6 is 0 Å². The first kappa shape index (κ1) is 11.3. The number of halogens is 1. The van der Waals surface area contributed by atoms with E-state index in [9.17, 15) is 9.18 Å². The summed E-state index contributed by atoms with van der Waals surface area (Å²) in [5, 5.41) is 2.75. The van der Waals surface area contributed by atoms with Crippen LogP contribution in [0.2, 0.25) is 0 Å². The Morgan fingerprint density at radius 3 is 2.35 bits per heavy atom. The Morgan fingerprint density at radius 1 is 1.06 bits per heavy atom. The number of nitrogens with one attached hydrogen (secondary N) is 1. The maximum absolute atomic E-state index is 12.8. The van der Waals surface area contributed by atoms with Gasteiger partial charge in [0.05, 0.1) is 0 Å². The molecule has 0 spiro atoms. The maximum atomic E-state index is 12.8. The number of anilines is 1. The van der Waals surface area contributed by atoms with E-state index in [2.05, 4.69) is 5.32 Å². The molecule has 0 atom stereocenters. The molecule has 0 heterocycles. The van der Waals surface area contributed by atoms with Crippen molar-refractivity contribution in [3.05, 3.63) is 54.3 Å². The van der Waals surface area contributed by atoms with Crippen LogP contribution in [0.25, 0.3) is 11.1 Å². The summed E-state index contributed by atoms with van der Waals surface area (Å²) in [6.45, 7) is 1.46. The van der Waals surface area contributed by atoms with E-state index in [1.807, 2.05) is 24.3 Å². The third kappa shape index (κ3) is 2.69. The number of amides is 1. The molecule has 2 aromatic carbocycles. The Bertz CT molecular complexity index is 534. The third-order valence-electron chi connectivity index (χ3n) is 2.39. The summed E-state index contributed by atoms with van der Waals surface area (Å²) >= 11 is 0. The Kier molecular flexibility index (Phi) is 3.19. The van der Waals surface area contributed by atoms with Gasteiger partial charge in [0.25, 0.3) is 0 Å². The van der Waals surface area contributed by atoms with Gasteiger partial charge in [-0.25, -0.2) is 4.39 Å². The summed E-state index contributed by atoms with van der Waals surface area (Å²) in [6.07, 6.45) is 0. The van der Waals surface area contributed by atoms with E-state index < -0.39 is 0 Å². The first-order valence-electron chi connectivity index (χ1n) is 5.29. The number of hydrogen-bond donors (Lipinski definition) is 1. The van der Waals surface area contributed by atoms with Crippen molar-refractivity contribution >= 4 is 11.6 Å². The zero-order valence-electron chi connectivity index (χ0n) is 9.41. The highest BCUT2D eigenvalue weighted by Gasteiger charge is 2.05. The summed E-state index contributed by atoms with van der Waals surface area (Å²) in [4.78, 5) is 11.1. The average molecular weight is 229 g/mol. The molecule has 0 aliphatic rings. The molecule has 2 aromatic rings. The molecule has 0 bridgehead atoms. The summed E-state index contributed by atoms with van der Waals surface area (Å²) in [5.41, 5.74) is 2.48. The molecule has 1 amide bonds. The number of carbonyl (C=O) groups excluding carboxylic acids is 1. The minimum Gasteiger partial charge on any atom is -0.326 e. The quantitative estimate of drug-likeness (QED) is 0.839. The maximum Gasteiger partial charge on any atom is 0.221 e. The highest BCUT2D eigenvalue weighted by molar-refractivity contribution is 5.94. The summed E-state index contributed by atoms with van der Waals surface area (Å²) < 4.78 is 12.8. The highest BCUT2D eigenvalue weighted by Crippen LogP contribution is 2.27. The molecule has 3 heteroatoms.